The Balaban J connectivity index is 1.92. The molecule has 3 N–H and O–H groups in total. The first kappa shape index (κ1) is 24.3. The van der Waals surface area contributed by atoms with Crippen LogP contribution in [0.25, 0.3) is 10.9 Å². The molecular weight excluding hydrogens is 419 g/mol. The molecule has 1 aliphatic carbocycles. The van der Waals surface area contributed by atoms with Gasteiger partial charge >= 0.3 is 6.18 Å². The van der Waals surface area contributed by atoms with Gasteiger partial charge in [-0.3, -0.25) is 4.79 Å². The van der Waals surface area contributed by atoms with Crippen molar-refractivity contribution in [1.82, 2.24) is 10.3 Å². The summed E-state index contributed by atoms with van der Waals surface area (Å²) < 4.78 is 38.1. The number of halogens is 3. The number of alkyl halides is 3. The SMILES string of the molecule is Cc1cc(C(=O)NCC2CCCCC2O)nc2c(C(C)(C)C)cc(NCC(F)(F)F)cc12. The number of pyridine rings is 1. The predicted octanol–water partition coefficient (Wildman–Crippen LogP) is 5.10. The van der Waals surface area contributed by atoms with Gasteiger partial charge in [-0.25, -0.2) is 4.98 Å². The molecule has 8 heteroatoms. The standard InChI is InChI=1S/C24H32F3N3O2/c1-14-9-19(22(32)28-12-15-7-5-6-8-20(15)31)30-21-17(14)10-16(29-13-24(25,26)27)11-18(21)23(2,3)4/h9-11,15,20,29,31H,5-8,12-13H2,1-4H3,(H,28,32). The van der Waals surface area contributed by atoms with Crippen LogP contribution < -0.4 is 10.6 Å². The maximum absolute atomic E-state index is 12.8. The molecule has 176 valence electrons. The van der Waals surface area contributed by atoms with Gasteiger partial charge in [0.1, 0.15) is 12.2 Å². The molecule has 1 aromatic carbocycles. The highest BCUT2D eigenvalue weighted by Gasteiger charge is 2.28. The molecule has 1 aliphatic rings. The Morgan fingerprint density at radius 2 is 1.84 bits per heavy atom. The first-order valence-electron chi connectivity index (χ1n) is 11.1. The molecule has 3 rings (SSSR count). The van der Waals surface area contributed by atoms with Gasteiger partial charge in [0.05, 0.1) is 11.6 Å². The minimum atomic E-state index is -4.32. The third kappa shape index (κ3) is 5.91. The zero-order valence-electron chi connectivity index (χ0n) is 19.1. The number of fused-ring (bicyclic) bond motifs is 1. The molecule has 2 unspecified atom stereocenters. The van der Waals surface area contributed by atoms with Crippen LogP contribution in [0.1, 0.15) is 68.1 Å². The summed E-state index contributed by atoms with van der Waals surface area (Å²) in [5.74, 6) is -0.270. The van der Waals surface area contributed by atoms with E-state index in [9.17, 15) is 23.1 Å². The van der Waals surface area contributed by atoms with Crippen LogP contribution in [-0.2, 0) is 5.41 Å². The second-order valence-electron chi connectivity index (χ2n) is 9.79. The van der Waals surface area contributed by atoms with Crippen molar-refractivity contribution in [3.8, 4) is 0 Å². The summed E-state index contributed by atoms with van der Waals surface area (Å²) in [6, 6.07) is 4.99. The molecule has 32 heavy (non-hydrogen) atoms. The number of aliphatic hydroxyl groups excluding tert-OH is 1. The van der Waals surface area contributed by atoms with E-state index in [0.29, 0.717) is 23.1 Å². The molecular formula is C24H32F3N3O2. The monoisotopic (exact) mass is 451 g/mol. The summed E-state index contributed by atoms with van der Waals surface area (Å²) in [5, 5.41) is 16.2. The molecule has 2 aromatic rings. The van der Waals surface area contributed by atoms with Gasteiger partial charge in [0.2, 0.25) is 0 Å². The lowest BCUT2D eigenvalue weighted by Crippen LogP contribution is -2.37. The molecule has 5 nitrogen and oxygen atoms in total. The number of benzene rings is 1. The Labute approximate surface area is 186 Å². The van der Waals surface area contributed by atoms with Gasteiger partial charge in [-0.1, -0.05) is 33.6 Å². The number of aromatic nitrogens is 1. The van der Waals surface area contributed by atoms with Crippen molar-refractivity contribution < 1.29 is 23.1 Å². The molecule has 0 bridgehead atoms. The number of carbonyl (C=O) groups is 1. The van der Waals surface area contributed by atoms with E-state index in [4.69, 9.17) is 0 Å². The summed E-state index contributed by atoms with van der Waals surface area (Å²) in [4.78, 5) is 17.4. The lowest BCUT2D eigenvalue weighted by molar-refractivity contribution is -0.115. The van der Waals surface area contributed by atoms with E-state index in [1.54, 1.807) is 18.2 Å². The molecule has 1 aromatic heterocycles. The van der Waals surface area contributed by atoms with E-state index in [-0.39, 0.29) is 17.5 Å². The van der Waals surface area contributed by atoms with Gasteiger partial charge in [0.25, 0.3) is 5.91 Å². The minimum absolute atomic E-state index is 0.0432. The van der Waals surface area contributed by atoms with Gasteiger partial charge in [0.15, 0.2) is 0 Å². The lowest BCUT2D eigenvalue weighted by atomic mass is 9.84. The van der Waals surface area contributed by atoms with Crippen molar-refractivity contribution in [2.75, 3.05) is 18.4 Å². The highest BCUT2D eigenvalue weighted by Crippen LogP contribution is 2.34. The number of nitrogens with one attached hydrogen (secondary N) is 2. The third-order valence-electron chi connectivity index (χ3n) is 6.05. The van der Waals surface area contributed by atoms with Crippen LogP contribution in [0.5, 0.6) is 0 Å². The molecule has 1 saturated carbocycles. The molecule has 1 heterocycles. The quantitative estimate of drug-likeness (QED) is 0.592. The summed E-state index contributed by atoms with van der Waals surface area (Å²) >= 11 is 0. The van der Waals surface area contributed by atoms with E-state index >= 15 is 0 Å². The Hall–Kier alpha value is -2.35. The normalized spacial score (nSPS) is 19.8. The molecule has 2 atom stereocenters. The van der Waals surface area contributed by atoms with Crippen molar-refractivity contribution in [3.05, 3.63) is 35.0 Å². The number of nitrogens with zero attached hydrogens (tertiary/aromatic N) is 1. The lowest BCUT2D eigenvalue weighted by Gasteiger charge is -2.27. The van der Waals surface area contributed by atoms with Crippen molar-refractivity contribution in [1.29, 1.82) is 0 Å². The minimum Gasteiger partial charge on any atom is -0.393 e. The molecule has 0 saturated heterocycles. The first-order valence-corrected chi connectivity index (χ1v) is 11.1. The summed E-state index contributed by atoms with van der Waals surface area (Å²) in [7, 11) is 0. The van der Waals surface area contributed by atoms with E-state index in [1.807, 2.05) is 27.7 Å². The Bertz CT molecular complexity index is 983. The van der Waals surface area contributed by atoms with Crippen molar-refractivity contribution in [2.45, 2.75) is 71.1 Å². The molecule has 0 spiro atoms. The fourth-order valence-corrected chi connectivity index (χ4v) is 4.22. The molecule has 0 aliphatic heterocycles. The summed E-state index contributed by atoms with van der Waals surface area (Å²) in [6.07, 6.45) is -1.03. The van der Waals surface area contributed by atoms with E-state index in [1.165, 1.54) is 0 Å². The third-order valence-corrected chi connectivity index (χ3v) is 6.05. The number of amides is 1. The van der Waals surface area contributed by atoms with Crippen LogP contribution >= 0.6 is 0 Å². The predicted molar refractivity (Wildman–Crippen MR) is 120 cm³/mol. The van der Waals surface area contributed by atoms with E-state index in [2.05, 4.69) is 15.6 Å². The number of aryl methyl sites for hydroxylation is 1. The number of hydrogen-bond acceptors (Lipinski definition) is 4. The van der Waals surface area contributed by atoms with Gasteiger partial charge < -0.3 is 15.7 Å². The van der Waals surface area contributed by atoms with Crippen molar-refractivity contribution in [2.24, 2.45) is 5.92 Å². The second-order valence-corrected chi connectivity index (χ2v) is 9.79. The van der Waals surface area contributed by atoms with Crippen LogP contribution in [-0.4, -0.2) is 41.4 Å². The van der Waals surface area contributed by atoms with Crippen molar-refractivity contribution in [3.63, 3.8) is 0 Å². The Morgan fingerprint density at radius 3 is 2.47 bits per heavy atom. The van der Waals surface area contributed by atoms with Crippen LogP contribution in [0.2, 0.25) is 0 Å². The maximum Gasteiger partial charge on any atom is 0.405 e. The van der Waals surface area contributed by atoms with Crippen LogP contribution in [0.15, 0.2) is 18.2 Å². The molecule has 0 radical (unpaired) electrons. The summed E-state index contributed by atoms with van der Waals surface area (Å²) in [5.41, 5.74) is 2.38. The zero-order chi connectivity index (χ0) is 23.7. The van der Waals surface area contributed by atoms with Crippen molar-refractivity contribution >= 4 is 22.5 Å². The highest BCUT2D eigenvalue weighted by atomic mass is 19.4. The van der Waals surface area contributed by atoms with Crippen LogP contribution in [0.4, 0.5) is 18.9 Å². The largest absolute Gasteiger partial charge is 0.405 e. The number of anilines is 1. The summed E-state index contributed by atoms with van der Waals surface area (Å²) in [6.45, 7) is 6.98. The zero-order valence-corrected chi connectivity index (χ0v) is 19.1. The van der Waals surface area contributed by atoms with Gasteiger partial charge in [-0.2, -0.15) is 13.2 Å². The van der Waals surface area contributed by atoms with Gasteiger partial charge in [-0.05, 0) is 54.5 Å². The average molecular weight is 452 g/mol. The smallest absolute Gasteiger partial charge is 0.393 e. The molecule has 1 fully saturated rings. The topological polar surface area (TPSA) is 74.2 Å². The maximum atomic E-state index is 12.8. The van der Waals surface area contributed by atoms with Gasteiger partial charge in [0, 0.05) is 23.5 Å². The number of rotatable bonds is 5. The number of carbonyl (C=O) groups excluding carboxylic acids is 1. The van der Waals surface area contributed by atoms with Gasteiger partial charge in [-0.15, -0.1) is 0 Å². The highest BCUT2D eigenvalue weighted by molar-refractivity contribution is 5.97. The number of aliphatic hydroxyl groups is 1. The van der Waals surface area contributed by atoms with E-state index < -0.39 is 24.2 Å². The fraction of sp³-hybridized carbons (Fsp3) is 0.583. The average Bonchev–Trinajstić information content (AvgIpc) is 2.69. The van der Waals surface area contributed by atoms with Crippen LogP contribution in [0.3, 0.4) is 0 Å². The first-order chi connectivity index (χ1) is 14.8. The van der Waals surface area contributed by atoms with E-state index in [0.717, 1.165) is 36.8 Å². The molecule has 1 amide bonds. The Morgan fingerprint density at radius 1 is 1.16 bits per heavy atom. The van der Waals surface area contributed by atoms with Crippen LogP contribution in [0, 0.1) is 12.8 Å². The fourth-order valence-electron chi connectivity index (χ4n) is 4.22. The second kappa shape index (κ2) is 9.25. The number of hydrogen-bond donors (Lipinski definition) is 3. The Kier molecular flexibility index (Phi) is 7.03.